The summed E-state index contributed by atoms with van der Waals surface area (Å²) in [7, 11) is 0. The third kappa shape index (κ3) is 46.6. The quantitative estimate of drug-likeness (QED) is 0.0228. The number of carbonyl (C=O) groups excluding carboxylic acids is 3. The number of aliphatic hydroxyl groups excluding tert-OH is 2. The number of carboxylic acid groups (broad SMARTS) is 1. The number of hydrogen-bond donors (Lipinski definition) is 3. The van der Waals surface area contributed by atoms with Gasteiger partial charge in [0.2, 0.25) is 0 Å². The fraction of sp³-hybridized carbons (Fsp3) is 0.606. The molecule has 1 rings (SSSR count). The monoisotopic (exact) mass is 1150 g/mol. The van der Waals surface area contributed by atoms with Crippen molar-refractivity contribution in [3.05, 3.63) is 146 Å². The van der Waals surface area contributed by atoms with E-state index < -0.39 is 67.3 Å². The second-order valence-electron chi connectivity index (χ2n) is 20.9. The summed E-state index contributed by atoms with van der Waals surface area (Å²) < 4.78 is 28.4. The molecule has 12 nitrogen and oxygen atoms in total. The van der Waals surface area contributed by atoms with Gasteiger partial charge in [0.25, 0.3) is 0 Å². The van der Waals surface area contributed by atoms with Crippen molar-refractivity contribution in [2.45, 2.75) is 263 Å². The zero-order valence-electron chi connectivity index (χ0n) is 51.4. The van der Waals surface area contributed by atoms with Gasteiger partial charge in [-0.1, -0.05) is 212 Å². The highest BCUT2D eigenvalue weighted by molar-refractivity contribution is 5.74. The van der Waals surface area contributed by atoms with Gasteiger partial charge in [0, 0.05) is 19.3 Å². The molecule has 6 atom stereocenters. The van der Waals surface area contributed by atoms with Gasteiger partial charge in [0.1, 0.15) is 18.8 Å². The molecule has 1 saturated heterocycles. The summed E-state index contributed by atoms with van der Waals surface area (Å²) in [4.78, 5) is 51.3. The number of aliphatic hydroxyl groups is 2. The molecule has 1 aliphatic heterocycles. The van der Waals surface area contributed by atoms with E-state index in [1.807, 2.05) is 0 Å². The Morgan fingerprint density at radius 1 is 0.410 bits per heavy atom. The minimum Gasteiger partial charge on any atom is -0.479 e. The van der Waals surface area contributed by atoms with E-state index in [4.69, 9.17) is 23.7 Å². The molecule has 12 heteroatoms. The van der Waals surface area contributed by atoms with Crippen LogP contribution in [0.2, 0.25) is 0 Å². The summed E-state index contributed by atoms with van der Waals surface area (Å²) in [6.45, 7) is 5.68. The van der Waals surface area contributed by atoms with E-state index in [-0.39, 0.29) is 25.9 Å². The van der Waals surface area contributed by atoms with Gasteiger partial charge >= 0.3 is 23.9 Å². The molecule has 0 amide bonds. The van der Waals surface area contributed by atoms with E-state index in [2.05, 4.69) is 167 Å². The molecule has 0 aromatic heterocycles. The standard InChI is InChI=1S/C71H110O12/c1-4-7-10-13-16-19-22-25-28-30-32-34-37-39-42-45-48-51-54-57-63(72)79-60-62(81-64(73)58-55-52-49-46-43-40-36-27-24-21-18-15-12-9-6-3)61-80-71-69(67(76)66(75)68(83-71)70(77)78)82-65(74)59-56-53-50-47-44-41-38-35-33-31-29-26-23-20-17-14-11-8-5-2/h7-8,10-11,16-21,25-29,32-36,39,41-42,44,62,66-69,71,75-76H,4-6,9,12-15,22-24,30-31,37-38,40,43,45-61H2,1-3H3,(H,77,78)/b10-7-,11-8-,19-16-,20-17-,21-18-,28-25-,29-26-,34-32-,35-33-,36-27-,42-39-,44-41-. The molecule has 3 N–H and O–H groups in total. The molecular weight excluding hydrogens is 1040 g/mol. The summed E-state index contributed by atoms with van der Waals surface area (Å²) in [5, 5.41) is 31.6. The maximum Gasteiger partial charge on any atom is 0.335 e. The topological polar surface area (TPSA) is 175 Å². The number of allylic oxidation sites excluding steroid dienone is 24. The van der Waals surface area contributed by atoms with E-state index in [0.717, 1.165) is 148 Å². The van der Waals surface area contributed by atoms with Gasteiger partial charge in [-0.2, -0.15) is 0 Å². The first-order valence-corrected chi connectivity index (χ1v) is 31.8. The smallest absolute Gasteiger partial charge is 0.335 e. The van der Waals surface area contributed by atoms with Crippen molar-refractivity contribution in [1.29, 1.82) is 0 Å². The number of esters is 3. The van der Waals surface area contributed by atoms with Crippen molar-refractivity contribution in [2.75, 3.05) is 13.2 Å². The van der Waals surface area contributed by atoms with Gasteiger partial charge in [0.15, 0.2) is 24.6 Å². The average molecular weight is 1160 g/mol. The lowest BCUT2D eigenvalue weighted by atomic mass is 9.98. The van der Waals surface area contributed by atoms with Crippen LogP contribution >= 0.6 is 0 Å². The van der Waals surface area contributed by atoms with Crippen LogP contribution in [0.25, 0.3) is 0 Å². The third-order valence-corrected chi connectivity index (χ3v) is 13.4. The molecule has 1 heterocycles. The Kier molecular flexibility index (Phi) is 52.0. The van der Waals surface area contributed by atoms with Crippen LogP contribution in [0.4, 0.5) is 0 Å². The molecule has 83 heavy (non-hydrogen) atoms. The van der Waals surface area contributed by atoms with Gasteiger partial charge in [-0.15, -0.1) is 0 Å². The van der Waals surface area contributed by atoms with Crippen LogP contribution < -0.4 is 0 Å². The average Bonchev–Trinajstić information content (AvgIpc) is 3.57. The number of aliphatic carboxylic acids is 1. The predicted molar refractivity (Wildman–Crippen MR) is 339 cm³/mol. The fourth-order valence-electron chi connectivity index (χ4n) is 8.57. The molecule has 6 unspecified atom stereocenters. The second kappa shape index (κ2) is 57.1. The minimum atomic E-state index is -1.93. The highest BCUT2D eigenvalue weighted by Gasteiger charge is 2.50. The molecule has 0 bridgehead atoms. The first kappa shape index (κ1) is 75.6. The summed E-state index contributed by atoms with van der Waals surface area (Å²) in [6.07, 6.45) is 69.4. The van der Waals surface area contributed by atoms with E-state index >= 15 is 0 Å². The third-order valence-electron chi connectivity index (χ3n) is 13.4. The molecule has 1 fully saturated rings. The lowest BCUT2D eigenvalue weighted by molar-refractivity contribution is -0.301. The fourth-order valence-corrected chi connectivity index (χ4v) is 8.57. The van der Waals surface area contributed by atoms with Crippen molar-refractivity contribution in [3.63, 3.8) is 0 Å². The molecule has 1 aliphatic rings. The lowest BCUT2D eigenvalue weighted by Gasteiger charge is -2.40. The summed E-state index contributed by atoms with van der Waals surface area (Å²) in [6, 6.07) is 0. The van der Waals surface area contributed by atoms with Crippen molar-refractivity contribution < 1.29 is 58.2 Å². The van der Waals surface area contributed by atoms with Crippen LogP contribution in [0.15, 0.2) is 146 Å². The molecule has 0 spiro atoms. The SMILES string of the molecule is CC/C=C\C/C=C\C/C=C\C/C=C\C/C=C\CCCCCC(=O)OCC(COC1OC(C(=O)O)C(O)C(O)C1OC(=O)CCCCC/C=C\C/C=C\C/C=C\C/C=C\C/C=C\CC)OC(=O)CCCCCCC/C=C\C/C=C\CCCCC. The number of ether oxygens (including phenoxy) is 5. The minimum absolute atomic E-state index is 0.00774. The van der Waals surface area contributed by atoms with Gasteiger partial charge in [0.05, 0.1) is 6.61 Å². The number of carbonyl (C=O) groups is 4. The van der Waals surface area contributed by atoms with E-state index in [1.54, 1.807) is 0 Å². The highest BCUT2D eigenvalue weighted by Crippen LogP contribution is 2.26. The largest absolute Gasteiger partial charge is 0.479 e. The van der Waals surface area contributed by atoms with Crippen LogP contribution in [0.3, 0.4) is 0 Å². The number of unbranched alkanes of at least 4 members (excludes halogenated alkanes) is 14. The second-order valence-corrected chi connectivity index (χ2v) is 20.9. The van der Waals surface area contributed by atoms with Gasteiger partial charge < -0.3 is 39.0 Å². The van der Waals surface area contributed by atoms with Crippen molar-refractivity contribution in [3.8, 4) is 0 Å². The number of rotatable bonds is 52. The van der Waals surface area contributed by atoms with Gasteiger partial charge in [-0.3, -0.25) is 14.4 Å². The first-order chi connectivity index (χ1) is 40.6. The van der Waals surface area contributed by atoms with E-state index in [1.165, 1.54) is 19.3 Å². The Labute approximate surface area is 502 Å². The highest BCUT2D eigenvalue weighted by atomic mass is 16.7. The Morgan fingerprint density at radius 3 is 1.17 bits per heavy atom. The summed E-state index contributed by atoms with van der Waals surface area (Å²) in [5.74, 6) is -3.25. The Morgan fingerprint density at radius 2 is 0.759 bits per heavy atom. The zero-order chi connectivity index (χ0) is 60.3. The Balaban J connectivity index is 2.73. The Bertz CT molecular complexity index is 2000. The molecule has 466 valence electrons. The number of carboxylic acids is 1. The van der Waals surface area contributed by atoms with Crippen LogP contribution in [-0.2, 0) is 42.9 Å². The van der Waals surface area contributed by atoms with Crippen molar-refractivity contribution in [1.82, 2.24) is 0 Å². The number of hydrogen-bond acceptors (Lipinski definition) is 11. The predicted octanol–water partition coefficient (Wildman–Crippen LogP) is 17.1. The van der Waals surface area contributed by atoms with Gasteiger partial charge in [-0.25, -0.2) is 4.79 Å². The van der Waals surface area contributed by atoms with Crippen LogP contribution in [-0.4, -0.2) is 89.2 Å². The zero-order valence-corrected chi connectivity index (χ0v) is 51.4. The summed E-state index contributed by atoms with van der Waals surface area (Å²) in [5.41, 5.74) is 0. The molecule has 0 aromatic rings. The van der Waals surface area contributed by atoms with Crippen molar-refractivity contribution in [2.24, 2.45) is 0 Å². The lowest BCUT2D eigenvalue weighted by Crippen LogP contribution is -2.61. The molecule has 0 aliphatic carbocycles. The maximum atomic E-state index is 13.2. The molecule has 0 aromatic carbocycles. The van der Waals surface area contributed by atoms with E-state index in [0.29, 0.717) is 19.3 Å². The van der Waals surface area contributed by atoms with Crippen LogP contribution in [0.1, 0.15) is 226 Å². The maximum absolute atomic E-state index is 13.2. The molecular formula is C71H110O12. The summed E-state index contributed by atoms with van der Waals surface area (Å²) >= 11 is 0. The van der Waals surface area contributed by atoms with E-state index in [9.17, 15) is 34.5 Å². The normalized spacial score (nSPS) is 18.6. The van der Waals surface area contributed by atoms with Crippen molar-refractivity contribution >= 4 is 23.9 Å². The van der Waals surface area contributed by atoms with Crippen LogP contribution in [0, 0.1) is 0 Å². The first-order valence-electron chi connectivity index (χ1n) is 31.8. The molecule has 0 saturated carbocycles. The van der Waals surface area contributed by atoms with Gasteiger partial charge in [-0.05, 0) is 141 Å². The Hall–Kier alpha value is -5.40. The molecule has 0 radical (unpaired) electrons. The van der Waals surface area contributed by atoms with Crippen LogP contribution in [0.5, 0.6) is 0 Å².